The lowest BCUT2D eigenvalue weighted by Gasteiger charge is -2.22. The first-order valence-electron chi connectivity index (χ1n) is 7.21. The molecule has 0 aliphatic heterocycles. The average molecular weight is 261 g/mol. The topological polar surface area (TPSA) is 61.7 Å². The highest BCUT2D eigenvalue weighted by molar-refractivity contribution is 5.77. The molecule has 1 aliphatic rings. The Balaban J connectivity index is 2.13. The summed E-state index contributed by atoms with van der Waals surface area (Å²) in [6.07, 6.45) is 3.73. The monoisotopic (exact) mass is 261 g/mol. The molecule has 2 N–H and O–H groups in total. The Bertz CT molecular complexity index is 609. The molecule has 0 saturated heterocycles. The van der Waals surface area contributed by atoms with E-state index in [-0.39, 0.29) is 0 Å². The van der Waals surface area contributed by atoms with E-state index in [1.807, 2.05) is 18.7 Å². The number of nitrogen functional groups attached to an aromatic ring is 1. The standard InChI is InChI=1S/C14H23N5/c1-5-10-6-7-11(8(10)2)19-13-12(16-14(19)15)9(3)17-18(13)4/h8,10-11H,5-7H2,1-4H3,(H2,15,16). The number of hydrogen-bond donors (Lipinski definition) is 1. The van der Waals surface area contributed by atoms with Crippen molar-refractivity contribution < 1.29 is 0 Å². The molecule has 5 heteroatoms. The van der Waals surface area contributed by atoms with Crippen molar-refractivity contribution in [2.45, 2.75) is 46.1 Å². The van der Waals surface area contributed by atoms with Gasteiger partial charge in [0.2, 0.25) is 5.95 Å². The molecule has 0 bridgehead atoms. The molecule has 2 aromatic heterocycles. The predicted molar refractivity (Wildman–Crippen MR) is 76.9 cm³/mol. The van der Waals surface area contributed by atoms with Crippen molar-refractivity contribution >= 4 is 17.1 Å². The predicted octanol–water partition coefficient (Wildman–Crippen LogP) is 2.66. The zero-order valence-electron chi connectivity index (χ0n) is 12.2. The summed E-state index contributed by atoms with van der Waals surface area (Å²) in [4.78, 5) is 4.52. The molecule has 0 aromatic carbocycles. The van der Waals surface area contributed by atoms with Crippen LogP contribution in [0.15, 0.2) is 0 Å². The van der Waals surface area contributed by atoms with E-state index < -0.39 is 0 Å². The van der Waals surface area contributed by atoms with Crippen LogP contribution in [0, 0.1) is 18.8 Å². The highest BCUT2D eigenvalue weighted by Crippen LogP contribution is 2.44. The van der Waals surface area contributed by atoms with Crippen LogP contribution in [0.4, 0.5) is 5.95 Å². The summed E-state index contributed by atoms with van der Waals surface area (Å²) in [5.74, 6) is 2.09. The van der Waals surface area contributed by atoms with E-state index in [1.54, 1.807) is 0 Å². The maximum atomic E-state index is 6.18. The number of fused-ring (bicyclic) bond motifs is 1. The second-order valence-corrected chi connectivity index (χ2v) is 5.89. The second-order valence-electron chi connectivity index (χ2n) is 5.89. The summed E-state index contributed by atoms with van der Waals surface area (Å²) in [5.41, 5.74) is 9.16. The van der Waals surface area contributed by atoms with Gasteiger partial charge < -0.3 is 5.73 Å². The van der Waals surface area contributed by atoms with Gasteiger partial charge in [0.05, 0.1) is 5.69 Å². The Hall–Kier alpha value is -1.52. The van der Waals surface area contributed by atoms with Crippen molar-refractivity contribution in [2.24, 2.45) is 18.9 Å². The molecule has 0 radical (unpaired) electrons. The van der Waals surface area contributed by atoms with Crippen LogP contribution in [0.3, 0.4) is 0 Å². The highest BCUT2D eigenvalue weighted by Gasteiger charge is 2.35. The van der Waals surface area contributed by atoms with Gasteiger partial charge in [-0.3, -0.25) is 9.25 Å². The van der Waals surface area contributed by atoms with Crippen LogP contribution in [-0.4, -0.2) is 19.3 Å². The van der Waals surface area contributed by atoms with Crippen LogP contribution in [0.1, 0.15) is 44.8 Å². The Kier molecular flexibility index (Phi) is 2.80. The molecule has 1 aliphatic carbocycles. The molecular weight excluding hydrogens is 238 g/mol. The van der Waals surface area contributed by atoms with Crippen LogP contribution in [0.5, 0.6) is 0 Å². The van der Waals surface area contributed by atoms with Gasteiger partial charge in [0.15, 0.2) is 5.65 Å². The summed E-state index contributed by atoms with van der Waals surface area (Å²) in [6, 6.07) is 0.463. The van der Waals surface area contributed by atoms with Crippen LogP contribution in [0.2, 0.25) is 0 Å². The fourth-order valence-electron chi connectivity index (χ4n) is 3.80. The number of nitrogens with zero attached hydrogens (tertiary/aromatic N) is 4. The van der Waals surface area contributed by atoms with Gasteiger partial charge in [-0.1, -0.05) is 20.3 Å². The van der Waals surface area contributed by atoms with Crippen molar-refractivity contribution in [3.05, 3.63) is 5.69 Å². The lowest BCUT2D eigenvalue weighted by atomic mass is 9.93. The number of aryl methyl sites for hydroxylation is 2. The number of rotatable bonds is 2. The van der Waals surface area contributed by atoms with E-state index >= 15 is 0 Å². The summed E-state index contributed by atoms with van der Waals surface area (Å²) in [7, 11) is 1.98. The lowest BCUT2D eigenvalue weighted by Crippen LogP contribution is -2.18. The van der Waals surface area contributed by atoms with Gasteiger partial charge in [-0.2, -0.15) is 5.10 Å². The molecule has 3 unspecified atom stereocenters. The van der Waals surface area contributed by atoms with E-state index in [0.29, 0.717) is 17.9 Å². The van der Waals surface area contributed by atoms with E-state index in [4.69, 9.17) is 5.73 Å². The molecule has 5 nitrogen and oxygen atoms in total. The fraction of sp³-hybridized carbons (Fsp3) is 0.714. The third-order valence-corrected chi connectivity index (χ3v) is 4.90. The first-order chi connectivity index (χ1) is 9.04. The van der Waals surface area contributed by atoms with Gasteiger partial charge in [0.25, 0.3) is 0 Å². The van der Waals surface area contributed by atoms with Gasteiger partial charge in [-0.15, -0.1) is 0 Å². The molecule has 1 saturated carbocycles. The largest absolute Gasteiger partial charge is 0.369 e. The first-order valence-corrected chi connectivity index (χ1v) is 7.21. The molecule has 1 fully saturated rings. The number of imidazole rings is 1. The summed E-state index contributed by atoms with van der Waals surface area (Å²) < 4.78 is 4.13. The van der Waals surface area contributed by atoms with E-state index in [1.165, 1.54) is 19.3 Å². The normalized spacial score (nSPS) is 27.5. The van der Waals surface area contributed by atoms with Crippen LogP contribution < -0.4 is 5.73 Å². The van der Waals surface area contributed by atoms with Gasteiger partial charge in [0.1, 0.15) is 5.52 Å². The van der Waals surface area contributed by atoms with Crippen molar-refractivity contribution in [2.75, 3.05) is 5.73 Å². The maximum Gasteiger partial charge on any atom is 0.202 e. The molecule has 2 aromatic rings. The van der Waals surface area contributed by atoms with E-state index in [9.17, 15) is 0 Å². The molecule has 0 spiro atoms. The third kappa shape index (κ3) is 1.67. The number of aromatic nitrogens is 4. The molecule has 104 valence electrons. The smallest absolute Gasteiger partial charge is 0.202 e. The number of nitrogens with two attached hydrogens (primary N) is 1. The summed E-state index contributed by atoms with van der Waals surface area (Å²) in [5, 5.41) is 4.47. The number of anilines is 1. The quantitative estimate of drug-likeness (QED) is 0.904. The maximum absolute atomic E-state index is 6.18. The van der Waals surface area contributed by atoms with Crippen LogP contribution >= 0.6 is 0 Å². The Morgan fingerprint density at radius 3 is 2.74 bits per heavy atom. The molecule has 3 rings (SSSR count). The molecular formula is C14H23N5. The van der Waals surface area contributed by atoms with Crippen molar-refractivity contribution in [3.8, 4) is 0 Å². The van der Waals surface area contributed by atoms with Gasteiger partial charge in [0, 0.05) is 13.1 Å². The average Bonchev–Trinajstić information content (AvgIpc) is 2.96. The minimum absolute atomic E-state index is 0.463. The van der Waals surface area contributed by atoms with Crippen molar-refractivity contribution in [1.82, 2.24) is 19.3 Å². The lowest BCUT2D eigenvalue weighted by molar-refractivity contribution is 0.334. The summed E-state index contributed by atoms with van der Waals surface area (Å²) >= 11 is 0. The molecule has 0 amide bonds. The van der Waals surface area contributed by atoms with Crippen molar-refractivity contribution in [1.29, 1.82) is 0 Å². The fourth-order valence-corrected chi connectivity index (χ4v) is 3.80. The zero-order valence-corrected chi connectivity index (χ0v) is 12.2. The van der Waals surface area contributed by atoms with Gasteiger partial charge in [-0.05, 0) is 31.6 Å². The molecule has 19 heavy (non-hydrogen) atoms. The minimum atomic E-state index is 0.463. The van der Waals surface area contributed by atoms with E-state index in [2.05, 4.69) is 28.5 Å². The summed E-state index contributed by atoms with van der Waals surface area (Å²) in [6.45, 7) is 6.62. The number of hydrogen-bond acceptors (Lipinski definition) is 3. The van der Waals surface area contributed by atoms with Crippen LogP contribution in [0.25, 0.3) is 11.2 Å². The van der Waals surface area contributed by atoms with Crippen molar-refractivity contribution in [3.63, 3.8) is 0 Å². The molecule has 3 atom stereocenters. The van der Waals surface area contributed by atoms with Gasteiger partial charge in [-0.25, -0.2) is 4.98 Å². The first kappa shape index (κ1) is 12.5. The Morgan fingerprint density at radius 1 is 1.37 bits per heavy atom. The van der Waals surface area contributed by atoms with E-state index in [0.717, 1.165) is 22.8 Å². The van der Waals surface area contributed by atoms with Gasteiger partial charge >= 0.3 is 0 Å². The minimum Gasteiger partial charge on any atom is -0.369 e. The van der Waals surface area contributed by atoms with Crippen LogP contribution in [-0.2, 0) is 7.05 Å². The highest BCUT2D eigenvalue weighted by atomic mass is 15.4. The molecule has 2 heterocycles. The SMILES string of the molecule is CCC1CCC(n2c(N)nc3c(C)nn(C)c32)C1C. The third-order valence-electron chi connectivity index (χ3n) is 4.90. The zero-order chi connectivity index (χ0) is 13.7. The second kappa shape index (κ2) is 4.25. The Labute approximate surface area is 113 Å². The Morgan fingerprint density at radius 2 is 2.11 bits per heavy atom.